The van der Waals surface area contributed by atoms with E-state index in [1.165, 1.54) is 180 Å². The van der Waals surface area contributed by atoms with Gasteiger partial charge in [0.25, 0.3) is 0 Å². The Labute approximate surface area is 258 Å². The predicted octanol–water partition coefficient (Wildman–Crippen LogP) is 15.5. The topological polar surface area (TPSA) is 0 Å². The zero-order chi connectivity index (χ0) is 30.1. The van der Waals surface area contributed by atoms with Crippen LogP contribution in [0.25, 0.3) is 0 Å². The fourth-order valence-corrected chi connectivity index (χ4v) is 5.63. The summed E-state index contributed by atoms with van der Waals surface area (Å²) < 4.78 is 0. The van der Waals surface area contributed by atoms with Gasteiger partial charge in [-0.05, 0) is 23.7 Å². The maximum Gasteiger partial charge on any atom is -0.0420 e. The third-order valence-corrected chi connectivity index (χ3v) is 9.80. The van der Waals surface area contributed by atoms with Gasteiger partial charge in [0.1, 0.15) is 0 Å². The lowest BCUT2D eigenvalue weighted by molar-refractivity contribution is 0.374. The average Bonchev–Trinajstić information content (AvgIpc) is 2.93. The largest absolute Gasteiger partial charge is 0.0654 e. The Morgan fingerprint density at radius 3 is 0.600 bits per heavy atom. The van der Waals surface area contributed by atoms with Crippen molar-refractivity contribution < 1.29 is 0 Å². The highest BCUT2D eigenvalue weighted by Gasteiger charge is 2.06. The minimum Gasteiger partial charge on any atom is -0.0654 e. The third kappa shape index (κ3) is 36.0. The lowest BCUT2D eigenvalue weighted by Gasteiger charge is -2.14. The van der Waals surface area contributed by atoms with Gasteiger partial charge in [-0.25, -0.2) is 0 Å². The molecule has 0 aliphatic rings. The van der Waals surface area contributed by atoms with Crippen molar-refractivity contribution in [2.75, 3.05) is 0 Å². The molecule has 0 fully saturated rings. The summed E-state index contributed by atoms with van der Waals surface area (Å²) in [5.74, 6) is 3.57. The maximum atomic E-state index is 2.41. The molecule has 0 saturated heterocycles. The standard InChI is InChI=1S/2C20H42/c2*1-5-6-7-8-9-10-11-12-13-14-15-16-17-18-20(4)19(2)3/h2*19-20H,5-18H2,1-4H3/t2*20-/m10/s1. The Kier molecular flexibility index (Phi) is 37.1. The van der Waals surface area contributed by atoms with Crippen LogP contribution >= 0.6 is 0 Å². The molecule has 0 radical (unpaired) electrons. The van der Waals surface area contributed by atoms with Gasteiger partial charge in [-0.3, -0.25) is 0 Å². The van der Waals surface area contributed by atoms with Crippen molar-refractivity contribution in [1.82, 2.24) is 0 Å². The molecule has 0 aromatic carbocycles. The van der Waals surface area contributed by atoms with Gasteiger partial charge in [-0.2, -0.15) is 0 Å². The average molecular weight is 565 g/mol. The van der Waals surface area contributed by atoms with Gasteiger partial charge in [0.05, 0.1) is 0 Å². The van der Waals surface area contributed by atoms with E-state index in [2.05, 4.69) is 55.4 Å². The SMILES string of the molecule is CCCCCCCCCCCCCCC[C@@H](C)C(C)C.CCCCCCCCCCCCCCC[C@H](C)C(C)C. The van der Waals surface area contributed by atoms with Gasteiger partial charge < -0.3 is 0 Å². The summed E-state index contributed by atoms with van der Waals surface area (Å²) in [4.78, 5) is 0. The van der Waals surface area contributed by atoms with Crippen LogP contribution < -0.4 is 0 Å². The summed E-state index contributed by atoms with van der Waals surface area (Å²) in [5, 5.41) is 0. The Bertz CT molecular complexity index is 382. The molecule has 0 rings (SSSR count). The normalized spacial score (nSPS) is 13.1. The molecule has 0 unspecified atom stereocenters. The number of unbranched alkanes of at least 4 members (excludes halogenated alkanes) is 24. The first kappa shape index (κ1) is 42.1. The molecule has 0 amide bonds. The lowest BCUT2D eigenvalue weighted by atomic mass is 9.92. The first-order chi connectivity index (χ1) is 19.4. The number of hydrogen-bond donors (Lipinski definition) is 0. The van der Waals surface area contributed by atoms with Gasteiger partial charge in [-0.1, -0.05) is 235 Å². The van der Waals surface area contributed by atoms with Crippen molar-refractivity contribution in [3.63, 3.8) is 0 Å². The number of rotatable bonds is 30. The van der Waals surface area contributed by atoms with Crippen molar-refractivity contribution >= 4 is 0 Å². The van der Waals surface area contributed by atoms with Crippen molar-refractivity contribution in [2.24, 2.45) is 23.7 Å². The van der Waals surface area contributed by atoms with E-state index in [-0.39, 0.29) is 0 Å². The summed E-state index contributed by atoms with van der Waals surface area (Å²) in [6, 6.07) is 0. The van der Waals surface area contributed by atoms with E-state index in [1.54, 1.807) is 0 Å². The third-order valence-electron chi connectivity index (χ3n) is 9.80. The highest BCUT2D eigenvalue weighted by Crippen LogP contribution is 2.20. The van der Waals surface area contributed by atoms with E-state index in [9.17, 15) is 0 Å². The first-order valence-electron chi connectivity index (χ1n) is 19.4. The molecule has 40 heavy (non-hydrogen) atoms. The molecule has 0 aliphatic carbocycles. The molecular weight excluding hydrogens is 480 g/mol. The lowest BCUT2D eigenvalue weighted by Crippen LogP contribution is -2.03. The zero-order valence-corrected chi connectivity index (χ0v) is 30.1. The van der Waals surface area contributed by atoms with Crippen molar-refractivity contribution in [2.45, 2.75) is 235 Å². The van der Waals surface area contributed by atoms with Crippen LogP contribution in [-0.2, 0) is 0 Å². The molecule has 0 nitrogen and oxygen atoms in total. The van der Waals surface area contributed by atoms with Gasteiger partial charge in [-0.15, -0.1) is 0 Å². The van der Waals surface area contributed by atoms with Crippen LogP contribution in [0.3, 0.4) is 0 Å². The molecule has 0 heterocycles. The van der Waals surface area contributed by atoms with Crippen LogP contribution in [0.5, 0.6) is 0 Å². The Balaban J connectivity index is 0. The van der Waals surface area contributed by atoms with Crippen LogP contribution in [0, 0.1) is 23.7 Å². The van der Waals surface area contributed by atoms with E-state index < -0.39 is 0 Å². The second kappa shape index (κ2) is 35.2. The summed E-state index contributed by atoms with van der Waals surface area (Å²) in [5.41, 5.74) is 0. The minimum absolute atomic E-state index is 0.868. The Hall–Kier alpha value is 0. The summed E-state index contributed by atoms with van der Waals surface area (Å²) >= 11 is 0. The molecule has 0 aromatic rings. The van der Waals surface area contributed by atoms with E-state index in [0.717, 1.165) is 23.7 Å². The molecule has 0 aromatic heterocycles. The van der Waals surface area contributed by atoms with E-state index in [4.69, 9.17) is 0 Å². The van der Waals surface area contributed by atoms with Crippen LogP contribution in [0.2, 0.25) is 0 Å². The summed E-state index contributed by atoms with van der Waals surface area (Å²) in [6.45, 7) is 18.8. The Morgan fingerprint density at radius 2 is 0.425 bits per heavy atom. The molecule has 0 saturated carbocycles. The molecule has 0 heteroatoms. The van der Waals surface area contributed by atoms with E-state index in [1.807, 2.05) is 0 Å². The van der Waals surface area contributed by atoms with E-state index in [0.29, 0.717) is 0 Å². The predicted molar refractivity (Wildman–Crippen MR) is 189 cm³/mol. The fraction of sp³-hybridized carbons (Fsp3) is 1.00. The first-order valence-corrected chi connectivity index (χ1v) is 19.4. The highest BCUT2D eigenvalue weighted by molar-refractivity contribution is 4.59. The van der Waals surface area contributed by atoms with Crippen LogP contribution in [0.15, 0.2) is 0 Å². The molecule has 0 bridgehead atoms. The van der Waals surface area contributed by atoms with Crippen molar-refractivity contribution in [3.05, 3.63) is 0 Å². The van der Waals surface area contributed by atoms with Crippen molar-refractivity contribution in [3.8, 4) is 0 Å². The molecular formula is C40H84. The van der Waals surface area contributed by atoms with Crippen molar-refractivity contribution in [1.29, 1.82) is 0 Å². The van der Waals surface area contributed by atoms with Gasteiger partial charge >= 0.3 is 0 Å². The number of hydrogen-bond acceptors (Lipinski definition) is 0. The molecule has 244 valence electrons. The Morgan fingerprint density at radius 1 is 0.250 bits per heavy atom. The van der Waals surface area contributed by atoms with Crippen LogP contribution in [-0.4, -0.2) is 0 Å². The molecule has 0 spiro atoms. The molecule has 0 aliphatic heterocycles. The minimum atomic E-state index is 0.868. The maximum absolute atomic E-state index is 2.41. The summed E-state index contributed by atoms with van der Waals surface area (Å²) in [6.07, 6.45) is 40.9. The molecule has 2 atom stereocenters. The van der Waals surface area contributed by atoms with Gasteiger partial charge in [0.15, 0.2) is 0 Å². The van der Waals surface area contributed by atoms with Crippen LogP contribution in [0.4, 0.5) is 0 Å². The second-order valence-corrected chi connectivity index (χ2v) is 14.5. The van der Waals surface area contributed by atoms with E-state index >= 15 is 0 Å². The molecule has 0 N–H and O–H groups in total. The second-order valence-electron chi connectivity index (χ2n) is 14.5. The van der Waals surface area contributed by atoms with Crippen LogP contribution in [0.1, 0.15) is 235 Å². The van der Waals surface area contributed by atoms with Gasteiger partial charge in [0.2, 0.25) is 0 Å². The van der Waals surface area contributed by atoms with Gasteiger partial charge in [0, 0.05) is 0 Å². The zero-order valence-electron chi connectivity index (χ0n) is 30.1. The smallest absolute Gasteiger partial charge is 0.0420 e. The quantitative estimate of drug-likeness (QED) is 0.0761. The fourth-order valence-electron chi connectivity index (χ4n) is 5.63. The monoisotopic (exact) mass is 565 g/mol. The highest BCUT2D eigenvalue weighted by atomic mass is 14.1. The summed E-state index contributed by atoms with van der Waals surface area (Å²) in [7, 11) is 0.